The van der Waals surface area contributed by atoms with Gasteiger partial charge in [-0.15, -0.1) is 0 Å². The Morgan fingerprint density at radius 1 is 0.921 bits per heavy atom. The van der Waals surface area contributed by atoms with E-state index in [9.17, 15) is 14.4 Å². The molecule has 0 radical (unpaired) electrons. The number of nitrogens with two attached hydrogens (primary N) is 1. The van der Waals surface area contributed by atoms with E-state index in [2.05, 4.69) is 32.5 Å². The van der Waals surface area contributed by atoms with Crippen molar-refractivity contribution in [2.75, 3.05) is 31.6 Å². The van der Waals surface area contributed by atoms with Crippen molar-refractivity contribution in [3.05, 3.63) is 58.3 Å². The number of benzene rings is 1. The van der Waals surface area contributed by atoms with E-state index >= 15 is 0 Å². The maximum absolute atomic E-state index is 13.2. The fourth-order valence-electron chi connectivity index (χ4n) is 6.20. The van der Waals surface area contributed by atoms with Crippen LogP contribution in [0.5, 0.6) is 0 Å². The van der Waals surface area contributed by atoms with Crippen molar-refractivity contribution in [3.8, 4) is 0 Å². The molecule has 2 aromatic rings. The molecule has 3 aliphatic rings. The van der Waals surface area contributed by atoms with Gasteiger partial charge in [0.15, 0.2) is 0 Å². The molecule has 3 fully saturated rings. The lowest BCUT2D eigenvalue weighted by Crippen LogP contribution is -2.47. The van der Waals surface area contributed by atoms with E-state index < -0.39 is 5.91 Å². The molecule has 9 nitrogen and oxygen atoms in total. The van der Waals surface area contributed by atoms with Crippen LogP contribution in [0.1, 0.15) is 74.3 Å². The summed E-state index contributed by atoms with van der Waals surface area (Å²) in [6.45, 7) is 6.30. The Balaban J connectivity index is 1.23. The number of rotatable bonds is 6. The zero-order valence-electron chi connectivity index (χ0n) is 22.5. The van der Waals surface area contributed by atoms with E-state index in [0.717, 1.165) is 63.1 Å². The third-order valence-electron chi connectivity index (χ3n) is 8.53. The van der Waals surface area contributed by atoms with Crippen LogP contribution in [0, 0.1) is 19.8 Å². The first-order chi connectivity index (χ1) is 18.2. The number of nitrogens with zero attached hydrogens (tertiary/aromatic N) is 3. The molecule has 5 rings (SSSR count). The highest BCUT2D eigenvalue weighted by molar-refractivity contribution is 5.99. The molecule has 4 N–H and O–H groups in total. The quantitative estimate of drug-likeness (QED) is 0.540. The summed E-state index contributed by atoms with van der Waals surface area (Å²) in [4.78, 5) is 46.8. The second-order valence-corrected chi connectivity index (χ2v) is 11.3. The summed E-state index contributed by atoms with van der Waals surface area (Å²) in [5.74, 6) is 0.711. The van der Waals surface area contributed by atoms with Gasteiger partial charge in [0.25, 0.3) is 11.8 Å². The van der Waals surface area contributed by atoms with Gasteiger partial charge in [-0.1, -0.05) is 0 Å². The zero-order valence-corrected chi connectivity index (χ0v) is 22.5. The number of carbonyl (C=O) groups excluding carboxylic acids is 3. The molecule has 2 aliphatic heterocycles. The molecule has 2 saturated heterocycles. The first-order valence-electron chi connectivity index (χ1n) is 13.6. The van der Waals surface area contributed by atoms with Gasteiger partial charge >= 0.3 is 0 Å². The van der Waals surface area contributed by atoms with Crippen molar-refractivity contribution in [2.45, 2.75) is 64.1 Å². The van der Waals surface area contributed by atoms with Gasteiger partial charge in [0.05, 0.1) is 5.56 Å². The lowest BCUT2D eigenvalue weighted by atomic mass is 9.76. The van der Waals surface area contributed by atoms with Gasteiger partial charge < -0.3 is 26.2 Å². The number of likely N-dealkylation sites (tertiary alicyclic amines) is 1. The highest BCUT2D eigenvalue weighted by Gasteiger charge is 2.40. The smallest absolute Gasteiger partial charge is 0.253 e. The Morgan fingerprint density at radius 3 is 2.26 bits per heavy atom. The average Bonchev–Trinajstić information content (AvgIpc) is 3.23. The normalized spacial score (nSPS) is 25.2. The van der Waals surface area contributed by atoms with Gasteiger partial charge in [-0.3, -0.25) is 14.4 Å². The number of nitrogens with one attached hydrogen (secondary N) is 2. The third-order valence-corrected chi connectivity index (χ3v) is 8.53. The van der Waals surface area contributed by atoms with Crippen LogP contribution >= 0.6 is 0 Å². The minimum atomic E-state index is -0.485. The highest BCUT2D eigenvalue weighted by atomic mass is 16.2. The van der Waals surface area contributed by atoms with E-state index in [1.54, 1.807) is 25.3 Å². The second-order valence-electron chi connectivity index (χ2n) is 11.3. The minimum absolute atomic E-state index is 0.0606. The van der Waals surface area contributed by atoms with Gasteiger partial charge in [0, 0.05) is 48.5 Å². The van der Waals surface area contributed by atoms with Gasteiger partial charge in [-0.2, -0.15) is 0 Å². The van der Waals surface area contributed by atoms with Crippen molar-refractivity contribution in [1.82, 2.24) is 20.5 Å². The SMILES string of the molecule is Cc1cc(C(=O)NC2CCN(c3ccc(C(=O)N[C@H]4CCN(C)C4)cn3)C3CCC3C2)c(C)cc1C(N)=O. The molecular weight excluding hydrogens is 480 g/mol. The maximum Gasteiger partial charge on any atom is 0.253 e. The number of likely N-dealkylation sites (N-methyl/N-ethyl adjacent to an activating group) is 1. The summed E-state index contributed by atoms with van der Waals surface area (Å²) in [6, 6.07) is 7.93. The number of pyridine rings is 1. The van der Waals surface area contributed by atoms with Crippen LogP contribution in [0.25, 0.3) is 0 Å². The second kappa shape index (κ2) is 10.7. The van der Waals surface area contributed by atoms with Crippen molar-refractivity contribution in [2.24, 2.45) is 11.7 Å². The molecule has 1 saturated carbocycles. The molecule has 1 aromatic heterocycles. The number of fused-ring (bicyclic) bond motifs is 1. The number of aromatic nitrogens is 1. The standard InChI is InChI=1S/C29H38N6O3/c1-17-13-24(18(2)12-23(17)27(30)36)29(38)32-21-9-11-35(25-6-4-19(25)14-21)26-7-5-20(15-31-26)28(37)33-22-8-10-34(3)16-22/h5,7,12-13,15,19,21-22,25H,4,6,8-11,14,16H2,1-3H3,(H2,30,36)(H,32,38)(H,33,37)/t19?,21?,22-,25?/m0/s1. The van der Waals surface area contributed by atoms with Gasteiger partial charge in [-0.25, -0.2) is 4.98 Å². The van der Waals surface area contributed by atoms with Gasteiger partial charge in [-0.05, 0) is 101 Å². The van der Waals surface area contributed by atoms with E-state index in [1.807, 2.05) is 19.1 Å². The minimum Gasteiger partial charge on any atom is -0.366 e. The Hall–Kier alpha value is -3.46. The van der Waals surface area contributed by atoms with Crippen molar-refractivity contribution >= 4 is 23.5 Å². The van der Waals surface area contributed by atoms with Crippen LogP contribution in [-0.2, 0) is 0 Å². The van der Waals surface area contributed by atoms with Crippen LogP contribution < -0.4 is 21.3 Å². The van der Waals surface area contributed by atoms with Crippen LogP contribution in [-0.4, -0.2) is 72.4 Å². The molecule has 3 heterocycles. The molecule has 0 spiro atoms. The molecule has 1 aromatic carbocycles. The number of anilines is 1. The average molecular weight is 519 g/mol. The Bertz CT molecular complexity index is 1230. The largest absolute Gasteiger partial charge is 0.366 e. The third kappa shape index (κ3) is 5.38. The number of aryl methyl sites for hydroxylation is 2. The van der Waals surface area contributed by atoms with Crippen molar-refractivity contribution in [3.63, 3.8) is 0 Å². The van der Waals surface area contributed by atoms with E-state index in [1.165, 1.54) is 0 Å². The molecular formula is C29H38N6O3. The van der Waals surface area contributed by atoms with E-state index in [4.69, 9.17) is 5.73 Å². The molecule has 4 atom stereocenters. The summed E-state index contributed by atoms with van der Waals surface area (Å²) >= 11 is 0. The lowest BCUT2D eigenvalue weighted by Gasteiger charge is -2.43. The highest BCUT2D eigenvalue weighted by Crippen LogP contribution is 2.40. The first kappa shape index (κ1) is 26.2. The summed E-state index contributed by atoms with van der Waals surface area (Å²) in [7, 11) is 2.07. The summed E-state index contributed by atoms with van der Waals surface area (Å²) in [6.07, 6.45) is 6.64. The molecule has 38 heavy (non-hydrogen) atoms. The van der Waals surface area contributed by atoms with Gasteiger partial charge in [0.2, 0.25) is 5.91 Å². The van der Waals surface area contributed by atoms with Crippen LogP contribution in [0.4, 0.5) is 5.82 Å². The monoisotopic (exact) mass is 518 g/mol. The fourth-order valence-corrected chi connectivity index (χ4v) is 6.20. The zero-order chi connectivity index (χ0) is 27.0. The Kier molecular flexibility index (Phi) is 7.38. The van der Waals surface area contributed by atoms with Gasteiger partial charge in [0.1, 0.15) is 5.82 Å². The number of amides is 3. The maximum atomic E-state index is 13.2. The Morgan fingerprint density at radius 2 is 1.63 bits per heavy atom. The van der Waals surface area contributed by atoms with E-state index in [0.29, 0.717) is 34.2 Å². The first-order valence-corrected chi connectivity index (χ1v) is 13.6. The topological polar surface area (TPSA) is 121 Å². The molecule has 202 valence electrons. The fraction of sp³-hybridized carbons (Fsp3) is 0.517. The molecule has 0 bridgehead atoms. The summed E-state index contributed by atoms with van der Waals surface area (Å²) in [5.41, 5.74) is 8.53. The number of primary amides is 1. The predicted octanol–water partition coefficient (Wildman–Crippen LogP) is 2.41. The summed E-state index contributed by atoms with van der Waals surface area (Å²) in [5, 5.41) is 6.37. The molecule has 9 heteroatoms. The number of hydrogen-bond donors (Lipinski definition) is 3. The van der Waals surface area contributed by atoms with Crippen molar-refractivity contribution < 1.29 is 14.4 Å². The van der Waals surface area contributed by atoms with Crippen LogP contribution in [0.3, 0.4) is 0 Å². The van der Waals surface area contributed by atoms with E-state index in [-0.39, 0.29) is 23.9 Å². The number of carbonyl (C=O) groups is 3. The molecule has 3 amide bonds. The number of hydrogen-bond acceptors (Lipinski definition) is 6. The summed E-state index contributed by atoms with van der Waals surface area (Å²) < 4.78 is 0. The lowest BCUT2D eigenvalue weighted by molar-refractivity contribution is 0.0920. The molecule has 3 unspecified atom stereocenters. The van der Waals surface area contributed by atoms with Crippen molar-refractivity contribution in [1.29, 1.82) is 0 Å². The molecule has 1 aliphatic carbocycles. The Labute approximate surface area is 224 Å². The predicted molar refractivity (Wildman–Crippen MR) is 146 cm³/mol. The van der Waals surface area contributed by atoms with Crippen LogP contribution in [0.2, 0.25) is 0 Å². The van der Waals surface area contributed by atoms with Crippen LogP contribution in [0.15, 0.2) is 30.5 Å².